The Labute approximate surface area is 176 Å². The van der Waals surface area contributed by atoms with Crippen LogP contribution in [0.2, 0.25) is 0 Å². The second-order valence-electron chi connectivity index (χ2n) is 7.40. The number of hydrogen-bond donors (Lipinski definition) is 2. The number of rotatable bonds is 8. The zero-order chi connectivity index (χ0) is 21.3. The minimum Gasteiger partial charge on any atom is -0.348 e. The molecule has 0 saturated heterocycles. The third-order valence-electron chi connectivity index (χ3n) is 4.66. The van der Waals surface area contributed by atoms with E-state index in [1.54, 1.807) is 48.8 Å². The van der Waals surface area contributed by atoms with Crippen molar-refractivity contribution in [1.82, 2.24) is 20.6 Å². The van der Waals surface area contributed by atoms with Gasteiger partial charge in [-0.2, -0.15) is 0 Å². The molecule has 154 valence electrons. The van der Waals surface area contributed by atoms with E-state index < -0.39 is 0 Å². The zero-order valence-corrected chi connectivity index (χ0v) is 17.2. The number of hydrogen-bond acceptors (Lipinski definition) is 4. The molecule has 0 bridgehead atoms. The molecule has 2 heterocycles. The van der Waals surface area contributed by atoms with Gasteiger partial charge in [-0.1, -0.05) is 36.4 Å². The summed E-state index contributed by atoms with van der Waals surface area (Å²) in [5.74, 6) is -0.339. The second kappa shape index (κ2) is 10.3. The van der Waals surface area contributed by atoms with Crippen LogP contribution in [0.25, 0.3) is 0 Å². The van der Waals surface area contributed by atoms with Crippen LogP contribution in [0.1, 0.15) is 46.0 Å². The van der Waals surface area contributed by atoms with Gasteiger partial charge in [0.2, 0.25) is 0 Å². The summed E-state index contributed by atoms with van der Waals surface area (Å²) in [6, 6.07) is 18.8. The number of pyridine rings is 2. The fourth-order valence-corrected chi connectivity index (χ4v) is 3.21. The molecular weight excluding hydrogens is 376 g/mol. The summed E-state index contributed by atoms with van der Waals surface area (Å²) >= 11 is 0. The maximum Gasteiger partial charge on any atom is 0.270 e. The first-order chi connectivity index (χ1) is 14.5. The van der Waals surface area contributed by atoms with Crippen LogP contribution in [0.3, 0.4) is 0 Å². The van der Waals surface area contributed by atoms with E-state index in [-0.39, 0.29) is 23.9 Å². The summed E-state index contributed by atoms with van der Waals surface area (Å²) in [6.45, 7) is 3.95. The van der Waals surface area contributed by atoms with Crippen LogP contribution in [0.4, 0.5) is 0 Å². The third kappa shape index (κ3) is 6.24. The monoisotopic (exact) mass is 402 g/mol. The maximum absolute atomic E-state index is 12.2. The molecule has 30 heavy (non-hydrogen) atoms. The van der Waals surface area contributed by atoms with Crippen LogP contribution in [-0.4, -0.2) is 33.9 Å². The third-order valence-corrected chi connectivity index (χ3v) is 4.66. The van der Waals surface area contributed by atoms with Crippen LogP contribution >= 0.6 is 0 Å². The van der Waals surface area contributed by atoms with E-state index in [1.165, 1.54) is 0 Å². The van der Waals surface area contributed by atoms with Gasteiger partial charge in [-0.15, -0.1) is 0 Å². The van der Waals surface area contributed by atoms with E-state index in [9.17, 15) is 9.59 Å². The molecule has 6 heteroatoms. The van der Waals surface area contributed by atoms with E-state index in [0.29, 0.717) is 11.4 Å². The van der Waals surface area contributed by atoms with Crippen molar-refractivity contribution in [2.75, 3.05) is 0 Å². The molecule has 0 unspecified atom stereocenters. The molecule has 0 aliphatic rings. The first-order valence-corrected chi connectivity index (χ1v) is 10.0. The summed E-state index contributed by atoms with van der Waals surface area (Å²) in [4.78, 5) is 32.5. The summed E-state index contributed by atoms with van der Waals surface area (Å²) in [7, 11) is 0. The summed E-state index contributed by atoms with van der Waals surface area (Å²) in [5, 5.41) is 5.95. The summed E-state index contributed by atoms with van der Waals surface area (Å²) < 4.78 is 0. The van der Waals surface area contributed by atoms with Gasteiger partial charge in [0.05, 0.1) is 0 Å². The minimum atomic E-state index is -0.169. The Hall–Kier alpha value is -3.54. The Balaban J connectivity index is 1.48. The average Bonchev–Trinajstić information content (AvgIpc) is 2.76. The smallest absolute Gasteiger partial charge is 0.270 e. The Morgan fingerprint density at radius 2 is 1.10 bits per heavy atom. The predicted molar refractivity (Wildman–Crippen MR) is 116 cm³/mol. The van der Waals surface area contributed by atoms with E-state index >= 15 is 0 Å². The molecule has 0 aliphatic heterocycles. The highest BCUT2D eigenvalue weighted by Gasteiger charge is 2.13. The van der Waals surface area contributed by atoms with Crippen LogP contribution in [-0.2, 0) is 12.8 Å². The first-order valence-electron chi connectivity index (χ1n) is 10.0. The lowest BCUT2D eigenvalue weighted by molar-refractivity contribution is 0.0926. The number of aromatic nitrogens is 2. The lowest BCUT2D eigenvalue weighted by Crippen LogP contribution is -2.34. The van der Waals surface area contributed by atoms with Crippen LogP contribution < -0.4 is 10.6 Å². The molecular formula is C24H26N4O2. The molecule has 1 aromatic carbocycles. The Kier molecular flexibility index (Phi) is 7.27. The molecule has 2 atom stereocenters. The normalized spacial score (nSPS) is 12.6. The standard InChI is InChI=1S/C24H26N4O2/c1-17(27-23(29)21-7-3-5-13-25-21)15-19-9-11-20(12-10-19)16-18(2)28-24(30)22-8-4-6-14-26-22/h3-14,17-18H,15-16H2,1-2H3,(H,27,29)(H,28,30)/t17-,18-/m0/s1. The van der Waals surface area contributed by atoms with Crippen molar-refractivity contribution < 1.29 is 9.59 Å². The van der Waals surface area contributed by atoms with Gasteiger partial charge < -0.3 is 10.6 Å². The molecule has 2 N–H and O–H groups in total. The van der Waals surface area contributed by atoms with Gasteiger partial charge in [-0.25, -0.2) is 0 Å². The van der Waals surface area contributed by atoms with E-state index in [1.807, 2.05) is 13.8 Å². The Morgan fingerprint density at radius 1 is 0.700 bits per heavy atom. The number of amides is 2. The quantitative estimate of drug-likeness (QED) is 0.606. The highest BCUT2D eigenvalue weighted by molar-refractivity contribution is 5.92. The lowest BCUT2D eigenvalue weighted by atomic mass is 10.0. The molecule has 0 radical (unpaired) electrons. The Bertz CT molecular complexity index is 879. The van der Waals surface area contributed by atoms with Gasteiger partial charge in [-0.3, -0.25) is 19.6 Å². The molecule has 0 fully saturated rings. The molecule has 0 aliphatic carbocycles. The molecule has 0 spiro atoms. The fraction of sp³-hybridized carbons (Fsp3) is 0.250. The highest BCUT2D eigenvalue weighted by atomic mass is 16.2. The van der Waals surface area contributed by atoms with Crippen molar-refractivity contribution in [1.29, 1.82) is 0 Å². The number of nitrogens with one attached hydrogen (secondary N) is 2. The number of carbonyl (C=O) groups excluding carboxylic acids is 2. The average molecular weight is 402 g/mol. The summed E-state index contributed by atoms with van der Waals surface area (Å²) in [6.07, 6.45) is 4.67. The van der Waals surface area contributed by atoms with Gasteiger partial charge in [-0.05, 0) is 62.1 Å². The second-order valence-corrected chi connectivity index (χ2v) is 7.40. The topological polar surface area (TPSA) is 84.0 Å². The SMILES string of the molecule is C[C@@H](Cc1ccc(C[C@H](C)NC(=O)c2ccccn2)cc1)NC(=O)c1ccccn1. The van der Waals surface area contributed by atoms with Crippen molar-refractivity contribution in [3.05, 3.63) is 95.6 Å². The van der Waals surface area contributed by atoms with Crippen LogP contribution in [0.5, 0.6) is 0 Å². The highest BCUT2D eigenvalue weighted by Crippen LogP contribution is 2.10. The fourth-order valence-electron chi connectivity index (χ4n) is 3.21. The minimum absolute atomic E-state index is 0.0121. The van der Waals surface area contributed by atoms with Crippen molar-refractivity contribution >= 4 is 11.8 Å². The van der Waals surface area contributed by atoms with E-state index in [2.05, 4.69) is 44.9 Å². The van der Waals surface area contributed by atoms with E-state index in [0.717, 1.165) is 24.0 Å². The molecule has 3 aromatic rings. The Morgan fingerprint density at radius 3 is 1.43 bits per heavy atom. The van der Waals surface area contributed by atoms with Crippen LogP contribution in [0, 0.1) is 0 Å². The van der Waals surface area contributed by atoms with Crippen molar-refractivity contribution in [3.8, 4) is 0 Å². The predicted octanol–water partition coefficient (Wildman–Crippen LogP) is 3.20. The number of benzene rings is 1. The lowest BCUT2D eigenvalue weighted by Gasteiger charge is -2.15. The van der Waals surface area contributed by atoms with E-state index in [4.69, 9.17) is 0 Å². The molecule has 6 nitrogen and oxygen atoms in total. The largest absolute Gasteiger partial charge is 0.348 e. The van der Waals surface area contributed by atoms with Gasteiger partial charge in [0.15, 0.2) is 0 Å². The summed E-state index contributed by atoms with van der Waals surface area (Å²) in [5.41, 5.74) is 3.11. The van der Waals surface area contributed by atoms with Gasteiger partial charge in [0, 0.05) is 24.5 Å². The zero-order valence-electron chi connectivity index (χ0n) is 17.2. The van der Waals surface area contributed by atoms with Gasteiger partial charge >= 0.3 is 0 Å². The van der Waals surface area contributed by atoms with Crippen molar-refractivity contribution in [2.45, 2.75) is 38.8 Å². The molecule has 2 amide bonds. The van der Waals surface area contributed by atoms with Crippen molar-refractivity contribution in [3.63, 3.8) is 0 Å². The molecule has 2 aromatic heterocycles. The van der Waals surface area contributed by atoms with Gasteiger partial charge in [0.25, 0.3) is 11.8 Å². The van der Waals surface area contributed by atoms with Gasteiger partial charge in [0.1, 0.15) is 11.4 Å². The van der Waals surface area contributed by atoms with Crippen LogP contribution in [0.15, 0.2) is 73.1 Å². The first kappa shape index (κ1) is 21.2. The number of carbonyl (C=O) groups is 2. The molecule has 0 saturated carbocycles. The number of nitrogens with zero attached hydrogens (tertiary/aromatic N) is 2. The molecule has 3 rings (SSSR count). The van der Waals surface area contributed by atoms with Crippen molar-refractivity contribution in [2.24, 2.45) is 0 Å². The maximum atomic E-state index is 12.2.